The van der Waals surface area contributed by atoms with Crippen molar-refractivity contribution >= 4 is 0 Å². The normalized spacial score (nSPS) is 11.7. The van der Waals surface area contributed by atoms with Crippen LogP contribution in [-0.4, -0.2) is 33.9 Å². The van der Waals surface area contributed by atoms with E-state index in [4.69, 9.17) is 9.15 Å². The molecule has 0 N–H and O–H groups in total. The number of ether oxygens (including phenoxy) is 1. The SMILES string of the molecule is CC(C)OCCCN(Cc1cnn(C)c1)Cc1ccco1. The highest BCUT2D eigenvalue weighted by Crippen LogP contribution is 2.10. The van der Waals surface area contributed by atoms with Crippen molar-refractivity contribution in [3.63, 3.8) is 0 Å². The number of rotatable bonds is 9. The van der Waals surface area contributed by atoms with E-state index in [1.54, 1.807) is 6.26 Å². The summed E-state index contributed by atoms with van der Waals surface area (Å²) in [6.45, 7) is 7.58. The van der Waals surface area contributed by atoms with E-state index >= 15 is 0 Å². The van der Waals surface area contributed by atoms with Gasteiger partial charge in [-0.1, -0.05) is 0 Å². The first-order chi connectivity index (χ1) is 10.1. The van der Waals surface area contributed by atoms with E-state index in [0.29, 0.717) is 6.10 Å². The molecule has 5 nitrogen and oxygen atoms in total. The van der Waals surface area contributed by atoms with Gasteiger partial charge in [-0.15, -0.1) is 0 Å². The highest BCUT2D eigenvalue weighted by molar-refractivity contribution is 5.04. The topological polar surface area (TPSA) is 43.4 Å². The lowest BCUT2D eigenvalue weighted by Crippen LogP contribution is -2.25. The molecule has 0 aromatic carbocycles. The molecule has 116 valence electrons. The summed E-state index contributed by atoms with van der Waals surface area (Å²) in [5.41, 5.74) is 1.22. The van der Waals surface area contributed by atoms with E-state index in [1.165, 1.54) is 5.56 Å². The monoisotopic (exact) mass is 291 g/mol. The zero-order valence-corrected chi connectivity index (χ0v) is 13.2. The molecule has 2 aromatic rings. The number of hydrogen-bond acceptors (Lipinski definition) is 4. The summed E-state index contributed by atoms with van der Waals surface area (Å²) in [5, 5.41) is 4.23. The molecule has 0 aliphatic carbocycles. The van der Waals surface area contributed by atoms with Gasteiger partial charge >= 0.3 is 0 Å². The number of hydrogen-bond donors (Lipinski definition) is 0. The maximum absolute atomic E-state index is 5.62. The third-order valence-electron chi connectivity index (χ3n) is 3.19. The van der Waals surface area contributed by atoms with Crippen LogP contribution in [-0.2, 0) is 24.9 Å². The van der Waals surface area contributed by atoms with Crippen LogP contribution in [0.4, 0.5) is 0 Å². The number of aromatic nitrogens is 2. The lowest BCUT2D eigenvalue weighted by Gasteiger charge is -2.20. The van der Waals surface area contributed by atoms with E-state index in [9.17, 15) is 0 Å². The third kappa shape index (κ3) is 5.73. The molecule has 2 rings (SSSR count). The molecule has 5 heteroatoms. The van der Waals surface area contributed by atoms with Gasteiger partial charge in [0.15, 0.2) is 0 Å². The van der Waals surface area contributed by atoms with Gasteiger partial charge in [-0.05, 0) is 32.4 Å². The van der Waals surface area contributed by atoms with Crippen LogP contribution >= 0.6 is 0 Å². The van der Waals surface area contributed by atoms with Crippen LogP contribution < -0.4 is 0 Å². The predicted octanol–water partition coefficient (Wildman–Crippen LogP) is 2.83. The molecule has 0 saturated heterocycles. The van der Waals surface area contributed by atoms with Gasteiger partial charge in [0.25, 0.3) is 0 Å². The molecule has 0 amide bonds. The maximum atomic E-state index is 5.62. The fraction of sp³-hybridized carbons (Fsp3) is 0.562. The van der Waals surface area contributed by atoms with Crippen molar-refractivity contribution in [3.05, 3.63) is 42.1 Å². The lowest BCUT2D eigenvalue weighted by molar-refractivity contribution is 0.0687. The van der Waals surface area contributed by atoms with Crippen LogP contribution in [0.1, 0.15) is 31.6 Å². The minimum Gasteiger partial charge on any atom is -0.468 e. The molecule has 2 aromatic heterocycles. The highest BCUT2D eigenvalue weighted by Gasteiger charge is 2.10. The molecule has 0 fully saturated rings. The Balaban J connectivity index is 1.86. The minimum absolute atomic E-state index is 0.293. The van der Waals surface area contributed by atoms with Crippen molar-refractivity contribution in [2.24, 2.45) is 7.05 Å². The zero-order chi connectivity index (χ0) is 15.1. The highest BCUT2D eigenvalue weighted by atomic mass is 16.5. The average molecular weight is 291 g/mol. The Hall–Kier alpha value is -1.59. The average Bonchev–Trinajstić information content (AvgIpc) is 3.06. The largest absolute Gasteiger partial charge is 0.468 e. The summed E-state index contributed by atoms with van der Waals surface area (Å²) in [7, 11) is 1.94. The van der Waals surface area contributed by atoms with Crippen LogP contribution in [0.2, 0.25) is 0 Å². The van der Waals surface area contributed by atoms with Crippen molar-refractivity contribution in [2.45, 2.75) is 39.5 Å². The molecule has 21 heavy (non-hydrogen) atoms. The second-order valence-corrected chi connectivity index (χ2v) is 5.59. The zero-order valence-electron chi connectivity index (χ0n) is 13.2. The fourth-order valence-corrected chi connectivity index (χ4v) is 2.26. The first-order valence-corrected chi connectivity index (χ1v) is 7.47. The van der Waals surface area contributed by atoms with Gasteiger partial charge in [0.05, 0.1) is 25.1 Å². The number of aryl methyl sites for hydroxylation is 1. The molecular weight excluding hydrogens is 266 g/mol. The van der Waals surface area contributed by atoms with Crippen LogP contribution in [0.3, 0.4) is 0 Å². The number of furan rings is 1. The molecule has 0 aliphatic rings. The Morgan fingerprint density at radius 1 is 1.38 bits per heavy atom. The molecule has 2 heterocycles. The standard InChI is InChI=1S/C16H25N3O2/c1-14(2)20-9-5-7-19(13-16-6-4-8-21-16)12-15-10-17-18(3)11-15/h4,6,8,10-11,14H,5,7,9,12-13H2,1-3H3. The molecule has 0 aliphatic heterocycles. The maximum Gasteiger partial charge on any atom is 0.117 e. The van der Waals surface area contributed by atoms with Crippen LogP contribution in [0.5, 0.6) is 0 Å². The van der Waals surface area contributed by atoms with Crippen molar-refractivity contribution in [1.82, 2.24) is 14.7 Å². The quantitative estimate of drug-likeness (QED) is 0.666. The summed E-state index contributed by atoms with van der Waals surface area (Å²) in [6, 6.07) is 3.94. The van der Waals surface area contributed by atoms with Gasteiger partial charge in [-0.2, -0.15) is 5.10 Å². The van der Waals surface area contributed by atoms with Crippen molar-refractivity contribution in [2.75, 3.05) is 13.2 Å². The van der Waals surface area contributed by atoms with E-state index < -0.39 is 0 Å². The fourth-order valence-electron chi connectivity index (χ4n) is 2.26. The van der Waals surface area contributed by atoms with Gasteiger partial charge in [0.2, 0.25) is 0 Å². The molecule has 0 spiro atoms. The van der Waals surface area contributed by atoms with Gasteiger partial charge in [0, 0.05) is 38.5 Å². The molecule has 0 atom stereocenters. The van der Waals surface area contributed by atoms with Crippen LogP contribution in [0, 0.1) is 0 Å². The van der Waals surface area contributed by atoms with Crippen LogP contribution in [0.25, 0.3) is 0 Å². The Morgan fingerprint density at radius 2 is 2.24 bits per heavy atom. The summed E-state index contributed by atoms with van der Waals surface area (Å²) < 4.78 is 12.9. The molecule has 0 radical (unpaired) electrons. The van der Waals surface area contributed by atoms with E-state index in [-0.39, 0.29) is 0 Å². The van der Waals surface area contributed by atoms with Crippen LogP contribution in [0.15, 0.2) is 35.2 Å². The molecular formula is C16H25N3O2. The Morgan fingerprint density at radius 3 is 2.86 bits per heavy atom. The lowest BCUT2D eigenvalue weighted by atomic mass is 10.3. The van der Waals surface area contributed by atoms with E-state index in [0.717, 1.165) is 38.4 Å². The number of nitrogens with zero attached hydrogens (tertiary/aromatic N) is 3. The Kier molecular flexibility index (Phi) is 6.02. The van der Waals surface area contributed by atoms with Gasteiger partial charge in [0.1, 0.15) is 5.76 Å². The van der Waals surface area contributed by atoms with E-state index in [1.807, 2.05) is 30.1 Å². The second-order valence-electron chi connectivity index (χ2n) is 5.59. The predicted molar refractivity (Wildman–Crippen MR) is 81.7 cm³/mol. The van der Waals surface area contributed by atoms with E-state index in [2.05, 4.69) is 30.0 Å². The smallest absolute Gasteiger partial charge is 0.117 e. The minimum atomic E-state index is 0.293. The van der Waals surface area contributed by atoms with Crippen molar-refractivity contribution < 1.29 is 9.15 Å². The first kappa shape index (κ1) is 15.8. The summed E-state index contributed by atoms with van der Waals surface area (Å²) in [5.74, 6) is 0.990. The van der Waals surface area contributed by atoms with Crippen molar-refractivity contribution in [3.8, 4) is 0 Å². The Labute approximate surface area is 126 Å². The Bertz CT molecular complexity index is 505. The van der Waals surface area contributed by atoms with Gasteiger partial charge in [-0.25, -0.2) is 0 Å². The molecule has 0 bridgehead atoms. The molecule has 0 saturated carbocycles. The second kappa shape index (κ2) is 8.00. The summed E-state index contributed by atoms with van der Waals surface area (Å²) in [6.07, 6.45) is 7.00. The summed E-state index contributed by atoms with van der Waals surface area (Å²) in [4.78, 5) is 2.36. The third-order valence-corrected chi connectivity index (χ3v) is 3.19. The van der Waals surface area contributed by atoms with Gasteiger partial charge in [-0.3, -0.25) is 9.58 Å². The molecule has 0 unspecified atom stereocenters. The van der Waals surface area contributed by atoms with Gasteiger partial charge < -0.3 is 9.15 Å². The van der Waals surface area contributed by atoms with Crippen molar-refractivity contribution in [1.29, 1.82) is 0 Å². The summed E-state index contributed by atoms with van der Waals surface area (Å²) >= 11 is 0. The first-order valence-electron chi connectivity index (χ1n) is 7.47.